The standard InChI is InChI=1S/2C12H25NO5.C9H6O.CH4O/c2*1-13-3-6-16-8-10-18-12-11-17-9-7-15-5-2-4-14;1-2-8-4-3-5-9(6-8)7-10;1-2/h2*4,13H,2-3,5-12H2,1H3;1,3-7H;2H,1H3. The highest BCUT2D eigenvalue weighted by Crippen LogP contribution is 2.00. The van der Waals surface area contributed by atoms with Crippen LogP contribution in [0.4, 0.5) is 0 Å². The minimum atomic E-state index is 0.441. The maximum Gasteiger partial charge on any atom is 0.150 e. The third kappa shape index (κ3) is 45.5. The second kappa shape index (κ2) is 48.7. The number of hydrogen-bond acceptors (Lipinski definition) is 14. The average molecular weight is 689 g/mol. The zero-order chi connectivity index (χ0) is 36.0. The van der Waals surface area contributed by atoms with Gasteiger partial charge < -0.3 is 63.2 Å². The van der Waals surface area contributed by atoms with Crippen LogP contribution < -0.4 is 10.6 Å². The summed E-state index contributed by atoms with van der Waals surface area (Å²) >= 11 is 0. The van der Waals surface area contributed by atoms with E-state index in [1.165, 1.54) is 0 Å². The largest absolute Gasteiger partial charge is 0.400 e. The molecule has 14 heteroatoms. The first kappa shape index (κ1) is 49.7. The van der Waals surface area contributed by atoms with E-state index in [4.69, 9.17) is 49.4 Å². The van der Waals surface area contributed by atoms with Gasteiger partial charge in [0, 0.05) is 44.2 Å². The Morgan fingerprint density at radius 3 is 1.21 bits per heavy atom. The van der Waals surface area contributed by atoms with Gasteiger partial charge in [0.1, 0.15) is 18.9 Å². The van der Waals surface area contributed by atoms with Crippen molar-refractivity contribution in [2.24, 2.45) is 0 Å². The molecule has 0 heterocycles. The Bertz CT molecular complexity index is 792. The molecular formula is C34H60N2O12. The van der Waals surface area contributed by atoms with E-state index in [2.05, 4.69) is 16.6 Å². The predicted molar refractivity (Wildman–Crippen MR) is 184 cm³/mol. The van der Waals surface area contributed by atoms with Crippen LogP contribution in [0.1, 0.15) is 28.8 Å². The van der Waals surface area contributed by atoms with Gasteiger partial charge in [0.05, 0.1) is 106 Å². The van der Waals surface area contributed by atoms with Gasteiger partial charge in [-0.25, -0.2) is 0 Å². The number of benzene rings is 1. The van der Waals surface area contributed by atoms with E-state index in [9.17, 15) is 14.4 Å². The number of ether oxygens (including phenoxy) is 8. The molecular weight excluding hydrogens is 628 g/mol. The summed E-state index contributed by atoms with van der Waals surface area (Å²) in [6.45, 7) is 10.7. The van der Waals surface area contributed by atoms with Crippen molar-refractivity contribution in [2.75, 3.05) is 140 Å². The number of terminal acetylenes is 1. The zero-order valence-corrected chi connectivity index (χ0v) is 29.2. The van der Waals surface area contributed by atoms with Gasteiger partial charge in [-0.3, -0.25) is 4.79 Å². The van der Waals surface area contributed by atoms with Crippen LogP contribution in [0, 0.1) is 12.3 Å². The molecule has 0 aliphatic rings. The number of aldehydes is 3. The van der Waals surface area contributed by atoms with E-state index in [1.807, 2.05) is 14.1 Å². The Labute approximate surface area is 287 Å². The number of likely N-dealkylation sites (N-methyl/N-ethyl adjacent to an activating group) is 2. The summed E-state index contributed by atoms with van der Waals surface area (Å²) in [5.74, 6) is 2.44. The number of aliphatic hydroxyl groups excluding tert-OH is 1. The summed E-state index contributed by atoms with van der Waals surface area (Å²) in [5, 5.41) is 13.0. The molecule has 278 valence electrons. The molecule has 0 aliphatic carbocycles. The van der Waals surface area contributed by atoms with Crippen molar-refractivity contribution in [3.63, 3.8) is 0 Å². The Kier molecular flexibility index (Phi) is 50.5. The molecule has 0 bridgehead atoms. The summed E-state index contributed by atoms with van der Waals surface area (Å²) in [6.07, 6.45) is 8.45. The van der Waals surface area contributed by atoms with E-state index >= 15 is 0 Å². The van der Waals surface area contributed by atoms with Crippen molar-refractivity contribution in [2.45, 2.75) is 12.8 Å². The predicted octanol–water partition coefficient (Wildman–Crippen LogP) is 0.811. The lowest BCUT2D eigenvalue weighted by Gasteiger charge is -2.06. The molecule has 14 nitrogen and oxygen atoms in total. The van der Waals surface area contributed by atoms with Crippen molar-refractivity contribution in [3.05, 3.63) is 35.4 Å². The van der Waals surface area contributed by atoms with Crippen LogP contribution in [0.3, 0.4) is 0 Å². The second-order valence-corrected chi connectivity index (χ2v) is 8.90. The highest BCUT2D eigenvalue weighted by molar-refractivity contribution is 5.75. The lowest BCUT2D eigenvalue weighted by atomic mass is 10.1. The van der Waals surface area contributed by atoms with Crippen molar-refractivity contribution in [1.82, 2.24) is 10.6 Å². The minimum Gasteiger partial charge on any atom is -0.400 e. The fourth-order valence-electron chi connectivity index (χ4n) is 2.84. The van der Waals surface area contributed by atoms with E-state index in [0.29, 0.717) is 124 Å². The third-order valence-electron chi connectivity index (χ3n) is 5.17. The average Bonchev–Trinajstić information content (AvgIpc) is 3.13. The quantitative estimate of drug-likeness (QED) is 0.0569. The molecule has 0 unspecified atom stereocenters. The zero-order valence-electron chi connectivity index (χ0n) is 29.2. The topological polar surface area (TPSA) is 169 Å². The highest BCUT2D eigenvalue weighted by atomic mass is 16.6. The number of carbonyl (C=O) groups excluding carboxylic acids is 3. The second-order valence-electron chi connectivity index (χ2n) is 8.90. The highest BCUT2D eigenvalue weighted by Gasteiger charge is 1.94. The smallest absolute Gasteiger partial charge is 0.150 e. The van der Waals surface area contributed by atoms with Crippen LogP contribution in [0.2, 0.25) is 0 Å². The summed E-state index contributed by atoms with van der Waals surface area (Å²) in [7, 11) is 4.78. The minimum absolute atomic E-state index is 0.441. The molecule has 0 aromatic heterocycles. The van der Waals surface area contributed by atoms with Gasteiger partial charge in [0.15, 0.2) is 0 Å². The van der Waals surface area contributed by atoms with E-state index < -0.39 is 0 Å². The normalized spacial score (nSPS) is 9.90. The molecule has 0 atom stereocenters. The molecule has 1 aromatic rings. The summed E-state index contributed by atoms with van der Waals surface area (Å²) in [5.41, 5.74) is 1.36. The maximum absolute atomic E-state index is 10.2. The fourth-order valence-corrected chi connectivity index (χ4v) is 2.84. The van der Waals surface area contributed by atoms with Crippen LogP contribution in [0.5, 0.6) is 0 Å². The molecule has 0 fully saturated rings. The number of carbonyl (C=O) groups is 3. The Hall–Kier alpha value is -2.65. The van der Waals surface area contributed by atoms with Gasteiger partial charge in [-0.2, -0.15) is 0 Å². The molecule has 3 N–H and O–H groups in total. The van der Waals surface area contributed by atoms with Gasteiger partial charge in [-0.1, -0.05) is 18.1 Å². The molecule has 0 spiro atoms. The van der Waals surface area contributed by atoms with Gasteiger partial charge in [-0.15, -0.1) is 6.42 Å². The van der Waals surface area contributed by atoms with Crippen molar-refractivity contribution < 1.29 is 57.4 Å². The van der Waals surface area contributed by atoms with Crippen LogP contribution in [-0.2, 0) is 47.5 Å². The van der Waals surface area contributed by atoms with Crippen molar-refractivity contribution in [3.8, 4) is 12.3 Å². The van der Waals surface area contributed by atoms with E-state index in [1.54, 1.807) is 24.3 Å². The fraction of sp³-hybridized carbons (Fsp3) is 0.676. The molecule has 48 heavy (non-hydrogen) atoms. The van der Waals surface area contributed by atoms with Crippen LogP contribution in [0.15, 0.2) is 24.3 Å². The molecule has 1 aromatic carbocycles. The molecule has 0 amide bonds. The number of hydrogen-bond donors (Lipinski definition) is 3. The van der Waals surface area contributed by atoms with Gasteiger partial charge in [0.2, 0.25) is 0 Å². The number of aliphatic hydroxyl groups is 1. The SMILES string of the molecule is C#Cc1cccc(C=O)c1.CNCCOCCOCCOCCOCCC=O.CNCCOCCOCCOCCOCCC=O.CO. The maximum atomic E-state index is 10.2. The first-order chi connectivity index (χ1) is 23.7. The first-order valence-corrected chi connectivity index (χ1v) is 15.9. The lowest BCUT2D eigenvalue weighted by molar-refractivity contribution is -0.109. The molecule has 1 rings (SSSR count). The monoisotopic (exact) mass is 688 g/mol. The molecule has 0 saturated heterocycles. The van der Waals surface area contributed by atoms with Crippen LogP contribution in [0.25, 0.3) is 0 Å². The van der Waals surface area contributed by atoms with E-state index in [-0.39, 0.29) is 0 Å². The molecule has 0 aliphatic heterocycles. The van der Waals surface area contributed by atoms with Gasteiger partial charge >= 0.3 is 0 Å². The first-order valence-electron chi connectivity index (χ1n) is 15.9. The summed E-state index contributed by atoms with van der Waals surface area (Å²) < 4.78 is 42.0. The third-order valence-corrected chi connectivity index (χ3v) is 5.17. The Balaban J connectivity index is -0.000000638. The van der Waals surface area contributed by atoms with E-state index in [0.717, 1.165) is 44.6 Å². The van der Waals surface area contributed by atoms with Gasteiger partial charge in [0.25, 0.3) is 0 Å². The molecule has 0 radical (unpaired) electrons. The van der Waals surface area contributed by atoms with Crippen LogP contribution >= 0.6 is 0 Å². The van der Waals surface area contributed by atoms with Crippen molar-refractivity contribution >= 4 is 18.9 Å². The number of rotatable bonds is 31. The van der Waals surface area contributed by atoms with Crippen LogP contribution in [-0.4, -0.2) is 164 Å². The summed E-state index contributed by atoms with van der Waals surface area (Å²) in [4.78, 5) is 30.2. The van der Waals surface area contributed by atoms with Gasteiger partial charge in [-0.05, 0) is 26.2 Å². The van der Waals surface area contributed by atoms with Crippen molar-refractivity contribution in [1.29, 1.82) is 0 Å². The Morgan fingerprint density at radius 1 is 0.583 bits per heavy atom. The summed E-state index contributed by atoms with van der Waals surface area (Å²) in [6, 6.07) is 6.94. The Morgan fingerprint density at radius 2 is 0.917 bits per heavy atom. The lowest BCUT2D eigenvalue weighted by Crippen LogP contribution is -2.17. The molecule has 0 saturated carbocycles. The number of nitrogens with one attached hydrogen (secondary N) is 2.